The standard InChI is InChI=1S/C12H9Cl2P.BH3/c13-9-1-5-11(6-2-9)15-12-7-3-10(14)4-8-12;/h1-8,15H;1H3. The van der Waals surface area contributed by atoms with Crippen molar-refractivity contribution in [3.8, 4) is 0 Å². The zero-order chi connectivity index (χ0) is 10.7. The van der Waals surface area contributed by atoms with Crippen LogP contribution < -0.4 is 10.6 Å². The smallest absolute Gasteiger partial charge is 0.0814 e. The minimum absolute atomic E-state index is 0. The van der Waals surface area contributed by atoms with E-state index < -0.39 is 0 Å². The SMILES string of the molecule is B.Clc1ccc(Pc2ccc(Cl)cc2)cc1. The lowest BCUT2D eigenvalue weighted by atomic mass is 10.4. The first-order valence-corrected chi connectivity index (χ1v) is 6.28. The van der Waals surface area contributed by atoms with Crippen molar-refractivity contribution in [2.45, 2.75) is 0 Å². The van der Waals surface area contributed by atoms with E-state index in [-0.39, 0.29) is 8.41 Å². The van der Waals surface area contributed by atoms with Crippen molar-refractivity contribution in [3.05, 3.63) is 58.6 Å². The molecule has 0 fully saturated rings. The maximum Gasteiger partial charge on any atom is 0.0814 e. The average Bonchev–Trinajstić information content (AvgIpc) is 2.25. The first-order valence-electron chi connectivity index (χ1n) is 4.52. The van der Waals surface area contributed by atoms with Gasteiger partial charge in [-0.2, -0.15) is 0 Å². The molecule has 0 atom stereocenters. The van der Waals surface area contributed by atoms with Gasteiger partial charge in [-0.05, 0) is 34.9 Å². The molecule has 0 saturated carbocycles. The molecule has 0 unspecified atom stereocenters. The Morgan fingerprint density at radius 1 is 0.625 bits per heavy atom. The molecule has 0 aliphatic rings. The Bertz CT molecular complexity index is 396. The van der Waals surface area contributed by atoms with Crippen LogP contribution in [0, 0.1) is 0 Å². The second-order valence-corrected chi connectivity index (χ2v) is 5.42. The first-order chi connectivity index (χ1) is 7.24. The minimum Gasteiger partial charge on any atom is -0.0843 e. The molecule has 2 aromatic rings. The Morgan fingerprint density at radius 2 is 0.938 bits per heavy atom. The molecule has 0 nitrogen and oxygen atoms in total. The Kier molecular flexibility index (Phi) is 5.35. The van der Waals surface area contributed by atoms with Crippen LogP contribution in [0.2, 0.25) is 10.0 Å². The minimum atomic E-state index is 0. The van der Waals surface area contributed by atoms with Crippen LogP contribution in [0.1, 0.15) is 0 Å². The molecular weight excluding hydrogens is 257 g/mol. The van der Waals surface area contributed by atoms with Crippen LogP contribution in [0.15, 0.2) is 48.5 Å². The lowest BCUT2D eigenvalue weighted by molar-refractivity contribution is 1.75. The quantitative estimate of drug-likeness (QED) is 0.580. The highest BCUT2D eigenvalue weighted by Crippen LogP contribution is 2.14. The number of hydrogen-bond acceptors (Lipinski definition) is 0. The van der Waals surface area contributed by atoms with E-state index in [4.69, 9.17) is 23.2 Å². The molecule has 2 aromatic carbocycles. The molecule has 0 N–H and O–H groups in total. The molecule has 16 heavy (non-hydrogen) atoms. The highest BCUT2D eigenvalue weighted by molar-refractivity contribution is 7.55. The predicted molar refractivity (Wildman–Crippen MR) is 80.4 cm³/mol. The summed E-state index contributed by atoms with van der Waals surface area (Å²) in [6.45, 7) is 0. The monoisotopic (exact) mass is 268 g/mol. The van der Waals surface area contributed by atoms with Gasteiger partial charge in [0.2, 0.25) is 0 Å². The summed E-state index contributed by atoms with van der Waals surface area (Å²) in [6.07, 6.45) is 0. The maximum absolute atomic E-state index is 5.82. The van der Waals surface area contributed by atoms with Gasteiger partial charge in [-0.25, -0.2) is 0 Å². The van der Waals surface area contributed by atoms with Crippen LogP contribution in [0.5, 0.6) is 0 Å². The Labute approximate surface area is 109 Å². The van der Waals surface area contributed by atoms with Gasteiger partial charge in [0.25, 0.3) is 0 Å². The van der Waals surface area contributed by atoms with Gasteiger partial charge in [0, 0.05) is 10.0 Å². The van der Waals surface area contributed by atoms with Gasteiger partial charge in [-0.15, -0.1) is 0 Å². The third-order valence-corrected chi connectivity index (χ3v) is 3.73. The number of hydrogen-bond donors (Lipinski definition) is 0. The molecule has 0 saturated heterocycles. The highest BCUT2D eigenvalue weighted by atomic mass is 35.5. The third kappa shape index (κ3) is 3.83. The normalized spacial score (nSPS) is 9.62. The summed E-state index contributed by atoms with van der Waals surface area (Å²) in [4.78, 5) is 0. The van der Waals surface area contributed by atoms with Crippen LogP contribution in [0.25, 0.3) is 0 Å². The van der Waals surface area contributed by atoms with E-state index in [1.54, 1.807) is 0 Å². The zero-order valence-electron chi connectivity index (χ0n) is 7.87. The van der Waals surface area contributed by atoms with E-state index in [0.717, 1.165) is 10.0 Å². The van der Waals surface area contributed by atoms with E-state index in [9.17, 15) is 0 Å². The fraction of sp³-hybridized carbons (Fsp3) is 0. The van der Waals surface area contributed by atoms with Gasteiger partial charge in [0.15, 0.2) is 0 Å². The summed E-state index contributed by atoms with van der Waals surface area (Å²) < 4.78 is 0. The average molecular weight is 269 g/mol. The molecule has 2 rings (SSSR count). The van der Waals surface area contributed by atoms with Crippen molar-refractivity contribution in [3.63, 3.8) is 0 Å². The van der Waals surface area contributed by atoms with Crippen LogP contribution >= 0.6 is 31.8 Å². The Hall–Kier alpha value is -0.485. The highest BCUT2D eigenvalue weighted by Gasteiger charge is 1.96. The fourth-order valence-corrected chi connectivity index (χ4v) is 2.49. The summed E-state index contributed by atoms with van der Waals surface area (Å²) in [5.74, 6) is 0. The van der Waals surface area contributed by atoms with Gasteiger partial charge in [0.05, 0.1) is 8.41 Å². The van der Waals surface area contributed by atoms with Crippen LogP contribution in [-0.2, 0) is 0 Å². The van der Waals surface area contributed by atoms with Gasteiger partial charge in [0.1, 0.15) is 0 Å². The van der Waals surface area contributed by atoms with Gasteiger partial charge in [-0.1, -0.05) is 56.0 Å². The zero-order valence-corrected chi connectivity index (χ0v) is 10.4. The molecule has 0 aliphatic carbocycles. The third-order valence-electron chi connectivity index (χ3n) is 1.98. The van der Waals surface area contributed by atoms with Crippen molar-refractivity contribution in [2.75, 3.05) is 0 Å². The summed E-state index contributed by atoms with van der Waals surface area (Å²) in [7, 11) is 0.652. The fourth-order valence-electron chi connectivity index (χ4n) is 1.23. The van der Waals surface area contributed by atoms with Crippen LogP contribution in [0.4, 0.5) is 0 Å². The van der Waals surface area contributed by atoms with E-state index in [0.29, 0.717) is 8.58 Å². The van der Waals surface area contributed by atoms with E-state index in [1.165, 1.54) is 10.6 Å². The van der Waals surface area contributed by atoms with Crippen molar-refractivity contribution in [1.82, 2.24) is 0 Å². The van der Waals surface area contributed by atoms with Crippen molar-refractivity contribution in [2.24, 2.45) is 0 Å². The number of benzene rings is 2. The van der Waals surface area contributed by atoms with Crippen molar-refractivity contribution < 1.29 is 0 Å². The molecule has 0 aromatic heterocycles. The summed E-state index contributed by atoms with van der Waals surface area (Å²) >= 11 is 11.6. The van der Waals surface area contributed by atoms with Crippen LogP contribution in [-0.4, -0.2) is 8.41 Å². The van der Waals surface area contributed by atoms with Gasteiger partial charge >= 0.3 is 0 Å². The van der Waals surface area contributed by atoms with Crippen molar-refractivity contribution >= 4 is 50.8 Å². The number of rotatable bonds is 2. The lowest BCUT2D eigenvalue weighted by Crippen LogP contribution is -2.01. The van der Waals surface area contributed by atoms with Gasteiger partial charge < -0.3 is 0 Å². The summed E-state index contributed by atoms with van der Waals surface area (Å²) in [6, 6.07) is 15.9. The largest absolute Gasteiger partial charge is 0.0843 e. The predicted octanol–water partition coefficient (Wildman–Crippen LogP) is 2.44. The summed E-state index contributed by atoms with van der Waals surface area (Å²) in [5, 5.41) is 4.11. The van der Waals surface area contributed by atoms with Crippen molar-refractivity contribution in [1.29, 1.82) is 0 Å². The molecule has 0 amide bonds. The molecule has 4 heteroatoms. The number of halogens is 2. The van der Waals surface area contributed by atoms with Gasteiger partial charge in [-0.3, -0.25) is 0 Å². The second kappa shape index (κ2) is 6.30. The topological polar surface area (TPSA) is 0 Å². The van der Waals surface area contributed by atoms with E-state index >= 15 is 0 Å². The van der Waals surface area contributed by atoms with Crippen LogP contribution in [0.3, 0.4) is 0 Å². The lowest BCUT2D eigenvalue weighted by Gasteiger charge is -2.02. The molecule has 0 radical (unpaired) electrons. The molecular formula is C12H12BCl2P. The molecule has 0 aliphatic heterocycles. The molecule has 0 heterocycles. The summed E-state index contributed by atoms with van der Waals surface area (Å²) in [5.41, 5.74) is 0. The Balaban J connectivity index is 0.00000128. The first kappa shape index (κ1) is 13.6. The molecule has 0 bridgehead atoms. The van der Waals surface area contributed by atoms with E-state index in [2.05, 4.69) is 24.3 Å². The Morgan fingerprint density at radius 3 is 1.25 bits per heavy atom. The molecule has 0 spiro atoms. The maximum atomic E-state index is 5.82. The molecule has 82 valence electrons. The van der Waals surface area contributed by atoms with E-state index in [1.807, 2.05) is 24.3 Å². The second-order valence-electron chi connectivity index (χ2n) is 3.14.